The van der Waals surface area contributed by atoms with Crippen molar-refractivity contribution in [2.24, 2.45) is 5.41 Å². The molecule has 1 N–H and O–H groups in total. The van der Waals surface area contributed by atoms with Gasteiger partial charge in [-0.25, -0.2) is 0 Å². The number of aliphatic hydroxyl groups is 1. The SMILES string of the molecule is COC(=O)C(C)(C)C(O)/C(C)=C/c1ccccc1. The van der Waals surface area contributed by atoms with Crippen molar-refractivity contribution in [2.45, 2.75) is 26.9 Å². The van der Waals surface area contributed by atoms with Crippen LogP contribution in [0.2, 0.25) is 0 Å². The number of aliphatic hydroxyl groups excluding tert-OH is 1. The smallest absolute Gasteiger partial charge is 0.314 e. The van der Waals surface area contributed by atoms with Gasteiger partial charge >= 0.3 is 5.97 Å². The fourth-order valence-electron chi connectivity index (χ4n) is 1.83. The van der Waals surface area contributed by atoms with E-state index in [1.54, 1.807) is 13.8 Å². The zero-order valence-corrected chi connectivity index (χ0v) is 11.3. The number of hydrogen-bond acceptors (Lipinski definition) is 3. The first-order valence-electron chi connectivity index (χ1n) is 5.89. The lowest BCUT2D eigenvalue weighted by Gasteiger charge is -2.28. The summed E-state index contributed by atoms with van der Waals surface area (Å²) in [4.78, 5) is 11.6. The summed E-state index contributed by atoms with van der Waals surface area (Å²) < 4.78 is 4.71. The predicted octanol–water partition coefficient (Wildman–Crippen LogP) is 2.65. The highest BCUT2D eigenvalue weighted by molar-refractivity contribution is 5.77. The number of hydrogen-bond donors (Lipinski definition) is 1. The van der Waals surface area contributed by atoms with Crippen molar-refractivity contribution in [3.63, 3.8) is 0 Å². The fourth-order valence-corrected chi connectivity index (χ4v) is 1.83. The molecule has 1 aromatic carbocycles. The van der Waals surface area contributed by atoms with E-state index in [1.165, 1.54) is 7.11 Å². The number of carbonyl (C=O) groups is 1. The van der Waals surface area contributed by atoms with Crippen molar-refractivity contribution < 1.29 is 14.6 Å². The minimum Gasteiger partial charge on any atom is -0.469 e. The van der Waals surface area contributed by atoms with Crippen LogP contribution in [0.4, 0.5) is 0 Å². The Morgan fingerprint density at radius 1 is 1.33 bits per heavy atom. The average Bonchev–Trinajstić information content (AvgIpc) is 2.37. The van der Waals surface area contributed by atoms with E-state index in [-0.39, 0.29) is 0 Å². The lowest BCUT2D eigenvalue weighted by Crippen LogP contribution is -2.38. The Morgan fingerprint density at radius 3 is 2.39 bits per heavy atom. The summed E-state index contributed by atoms with van der Waals surface area (Å²) in [5, 5.41) is 10.2. The molecule has 3 nitrogen and oxygen atoms in total. The Kier molecular flexibility index (Phi) is 4.68. The third-order valence-electron chi connectivity index (χ3n) is 3.02. The molecule has 0 fully saturated rings. The first-order valence-corrected chi connectivity index (χ1v) is 5.89. The molecule has 3 heteroatoms. The summed E-state index contributed by atoms with van der Waals surface area (Å²) in [6.07, 6.45) is 1.00. The highest BCUT2D eigenvalue weighted by Gasteiger charge is 2.37. The molecular weight excluding hydrogens is 228 g/mol. The van der Waals surface area contributed by atoms with Gasteiger partial charge in [0.2, 0.25) is 0 Å². The highest BCUT2D eigenvalue weighted by atomic mass is 16.5. The molecule has 0 spiro atoms. The minimum atomic E-state index is -0.954. The first-order chi connectivity index (χ1) is 8.39. The summed E-state index contributed by atoms with van der Waals surface area (Å²) in [5.74, 6) is -0.421. The second kappa shape index (κ2) is 5.83. The van der Waals surface area contributed by atoms with E-state index in [2.05, 4.69) is 0 Å². The molecule has 0 saturated heterocycles. The zero-order valence-electron chi connectivity index (χ0n) is 11.3. The standard InChI is InChI=1S/C15H20O3/c1-11(10-12-8-6-5-7-9-12)13(16)15(2,3)14(17)18-4/h5-10,13,16H,1-4H3/b11-10+. The van der Waals surface area contributed by atoms with Crippen LogP contribution >= 0.6 is 0 Å². The summed E-state index contributed by atoms with van der Waals surface area (Å²) in [6.45, 7) is 5.15. The van der Waals surface area contributed by atoms with E-state index < -0.39 is 17.5 Å². The van der Waals surface area contributed by atoms with Crippen LogP contribution < -0.4 is 0 Å². The first kappa shape index (κ1) is 14.5. The molecule has 0 aromatic heterocycles. The fraction of sp³-hybridized carbons (Fsp3) is 0.400. The Bertz CT molecular complexity index is 432. The summed E-state index contributed by atoms with van der Waals surface area (Å²) in [6, 6.07) is 9.68. The van der Waals surface area contributed by atoms with Crippen LogP contribution in [-0.4, -0.2) is 24.3 Å². The normalized spacial score (nSPS) is 14.2. The van der Waals surface area contributed by atoms with Gasteiger partial charge in [-0.3, -0.25) is 4.79 Å². The zero-order chi connectivity index (χ0) is 13.8. The lowest BCUT2D eigenvalue weighted by molar-refractivity contribution is -0.155. The summed E-state index contributed by atoms with van der Waals surface area (Å²) >= 11 is 0. The summed E-state index contributed by atoms with van der Waals surface area (Å²) in [5.41, 5.74) is 0.774. The largest absolute Gasteiger partial charge is 0.469 e. The quantitative estimate of drug-likeness (QED) is 0.833. The number of rotatable bonds is 4. The van der Waals surface area contributed by atoms with Gasteiger partial charge in [0.05, 0.1) is 18.6 Å². The number of carbonyl (C=O) groups excluding carboxylic acids is 1. The van der Waals surface area contributed by atoms with Crippen LogP contribution in [0.1, 0.15) is 26.3 Å². The molecule has 0 aliphatic heterocycles. The maximum absolute atomic E-state index is 11.6. The monoisotopic (exact) mass is 248 g/mol. The van der Waals surface area contributed by atoms with E-state index in [0.717, 1.165) is 11.1 Å². The molecular formula is C15H20O3. The van der Waals surface area contributed by atoms with Crippen LogP contribution in [0.25, 0.3) is 6.08 Å². The highest BCUT2D eigenvalue weighted by Crippen LogP contribution is 2.28. The van der Waals surface area contributed by atoms with Crippen LogP contribution in [0.5, 0.6) is 0 Å². The second-order valence-electron chi connectivity index (χ2n) is 4.91. The van der Waals surface area contributed by atoms with Gasteiger partial charge in [-0.05, 0) is 31.9 Å². The van der Waals surface area contributed by atoms with Crippen molar-refractivity contribution >= 4 is 12.0 Å². The van der Waals surface area contributed by atoms with Gasteiger partial charge < -0.3 is 9.84 Å². The van der Waals surface area contributed by atoms with E-state index in [1.807, 2.05) is 43.3 Å². The molecule has 0 radical (unpaired) electrons. The molecule has 1 aromatic rings. The Morgan fingerprint density at radius 2 is 1.89 bits per heavy atom. The van der Waals surface area contributed by atoms with Crippen LogP contribution in [0.3, 0.4) is 0 Å². The Labute approximate surface area is 108 Å². The van der Waals surface area contributed by atoms with Crippen molar-refractivity contribution in [1.82, 2.24) is 0 Å². The van der Waals surface area contributed by atoms with E-state index in [9.17, 15) is 9.90 Å². The van der Waals surface area contributed by atoms with Crippen LogP contribution in [0, 0.1) is 5.41 Å². The molecule has 0 aliphatic rings. The molecule has 1 atom stereocenters. The third-order valence-corrected chi connectivity index (χ3v) is 3.02. The average molecular weight is 248 g/mol. The number of esters is 1. The Balaban J connectivity index is 2.94. The molecule has 18 heavy (non-hydrogen) atoms. The molecule has 1 unspecified atom stereocenters. The molecule has 1 rings (SSSR count). The number of benzene rings is 1. The molecule has 0 bridgehead atoms. The van der Waals surface area contributed by atoms with Crippen LogP contribution in [0.15, 0.2) is 35.9 Å². The van der Waals surface area contributed by atoms with Gasteiger partial charge in [-0.1, -0.05) is 36.4 Å². The van der Waals surface area contributed by atoms with Gasteiger partial charge in [0, 0.05) is 0 Å². The molecule has 0 saturated carbocycles. The molecule has 98 valence electrons. The van der Waals surface area contributed by atoms with Gasteiger partial charge in [-0.15, -0.1) is 0 Å². The van der Waals surface area contributed by atoms with Gasteiger partial charge in [0.1, 0.15) is 0 Å². The number of ether oxygens (including phenoxy) is 1. The van der Waals surface area contributed by atoms with Crippen LogP contribution in [-0.2, 0) is 9.53 Å². The summed E-state index contributed by atoms with van der Waals surface area (Å²) in [7, 11) is 1.33. The van der Waals surface area contributed by atoms with E-state index in [4.69, 9.17) is 4.74 Å². The van der Waals surface area contributed by atoms with E-state index >= 15 is 0 Å². The Hall–Kier alpha value is -1.61. The van der Waals surface area contributed by atoms with E-state index in [0.29, 0.717) is 0 Å². The van der Waals surface area contributed by atoms with Crippen molar-refractivity contribution in [2.75, 3.05) is 7.11 Å². The minimum absolute atomic E-state index is 0.421. The number of methoxy groups -OCH3 is 1. The maximum atomic E-state index is 11.6. The van der Waals surface area contributed by atoms with Gasteiger partial charge in [-0.2, -0.15) is 0 Å². The molecule has 0 amide bonds. The van der Waals surface area contributed by atoms with Gasteiger partial charge in [0.25, 0.3) is 0 Å². The van der Waals surface area contributed by atoms with Gasteiger partial charge in [0.15, 0.2) is 0 Å². The lowest BCUT2D eigenvalue weighted by atomic mass is 9.82. The predicted molar refractivity (Wildman–Crippen MR) is 71.9 cm³/mol. The van der Waals surface area contributed by atoms with Crippen molar-refractivity contribution in [3.8, 4) is 0 Å². The third kappa shape index (κ3) is 3.20. The van der Waals surface area contributed by atoms with Crippen molar-refractivity contribution in [1.29, 1.82) is 0 Å². The molecule has 0 heterocycles. The topological polar surface area (TPSA) is 46.5 Å². The van der Waals surface area contributed by atoms with Crippen molar-refractivity contribution in [3.05, 3.63) is 41.5 Å². The molecule has 0 aliphatic carbocycles. The second-order valence-corrected chi connectivity index (χ2v) is 4.91. The maximum Gasteiger partial charge on any atom is 0.314 e.